The number of hydrazone groups is 1. The second kappa shape index (κ2) is 9.87. The molecule has 0 unspecified atom stereocenters. The number of nitrogens with zero attached hydrogens (tertiary/aromatic N) is 5. The van der Waals surface area contributed by atoms with Gasteiger partial charge in [0.2, 0.25) is 5.69 Å². The molecule has 1 aliphatic heterocycles. The fourth-order valence-corrected chi connectivity index (χ4v) is 5.14. The molecule has 0 radical (unpaired) electrons. The summed E-state index contributed by atoms with van der Waals surface area (Å²) in [7, 11) is 0. The minimum Gasteiger partial charge on any atom is -0.265 e. The number of nitro groups is 1. The zero-order valence-corrected chi connectivity index (χ0v) is 21.0. The molecule has 5 rings (SSSR count). The topological polar surface area (TPSA) is 93.6 Å². The van der Waals surface area contributed by atoms with E-state index in [1.165, 1.54) is 15.9 Å². The van der Waals surface area contributed by atoms with Gasteiger partial charge in [-0.05, 0) is 73.2 Å². The van der Waals surface area contributed by atoms with Crippen LogP contribution in [0.5, 0.6) is 0 Å². The molecule has 1 fully saturated rings. The fraction of sp³-hybridized carbons (Fsp3) is 0.269. The summed E-state index contributed by atoms with van der Waals surface area (Å²) in [4.78, 5) is 24.9. The zero-order valence-electron chi connectivity index (χ0n) is 19.5. The van der Waals surface area contributed by atoms with Gasteiger partial charge in [-0.3, -0.25) is 19.6 Å². The van der Waals surface area contributed by atoms with Crippen LogP contribution in [-0.2, 0) is 6.54 Å². The second-order valence-electron chi connectivity index (χ2n) is 8.83. The summed E-state index contributed by atoms with van der Waals surface area (Å²) in [6.07, 6.45) is 5.94. The molecule has 0 saturated heterocycles. The normalized spacial score (nSPS) is 20.4. The number of fused-ring (bicyclic) bond motifs is 1. The molecular weight excluding hydrogens is 501 g/mol. The number of hydrogen-bond acceptors (Lipinski definition) is 5. The van der Waals surface area contributed by atoms with Crippen LogP contribution in [0, 0.1) is 16.0 Å². The molecule has 2 atom stereocenters. The van der Waals surface area contributed by atoms with Gasteiger partial charge in [0.15, 0.2) is 0 Å². The van der Waals surface area contributed by atoms with E-state index in [-0.39, 0.29) is 17.3 Å². The smallest absolute Gasteiger partial charge is 0.265 e. The van der Waals surface area contributed by atoms with E-state index < -0.39 is 16.9 Å². The van der Waals surface area contributed by atoms with Gasteiger partial charge in [0.1, 0.15) is 6.20 Å². The molecule has 0 N–H and O–H groups in total. The number of aromatic nitrogens is 2. The summed E-state index contributed by atoms with van der Waals surface area (Å²) in [5, 5.41) is 23.3. The molecular formula is C26H23Cl2N5O3. The minimum absolute atomic E-state index is 0.0604. The van der Waals surface area contributed by atoms with Gasteiger partial charge in [-0.1, -0.05) is 47.5 Å². The third-order valence-electron chi connectivity index (χ3n) is 6.60. The summed E-state index contributed by atoms with van der Waals surface area (Å²) in [5.41, 5.74) is 3.17. The first kappa shape index (κ1) is 24.2. The molecule has 1 aromatic heterocycles. The van der Waals surface area contributed by atoms with Crippen molar-refractivity contribution >= 4 is 46.6 Å². The van der Waals surface area contributed by atoms with Crippen LogP contribution in [0.3, 0.4) is 0 Å². The van der Waals surface area contributed by atoms with E-state index in [0.29, 0.717) is 16.6 Å². The molecule has 1 amide bonds. The number of hydrogen-bond donors (Lipinski definition) is 0. The van der Waals surface area contributed by atoms with Gasteiger partial charge < -0.3 is 0 Å². The van der Waals surface area contributed by atoms with Crippen LogP contribution in [0.4, 0.5) is 5.69 Å². The Labute approximate surface area is 218 Å². The van der Waals surface area contributed by atoms with Crippen molar-refractivity contribution in [3.63, 3.8) is 0 Å². The Morgan fingerprint density at radius 3 is 2.44 bits per heavy atom. The van der Waals surface area contributed by atoms with Crippen LogP contribution < -0.4 is 0 Å². The summed E-state index contributed by atoms with van der Waals surface area (Å²) >= 11 is 12.2. The van der Waals surface area contributed by atoms with E-state index >= 15 is 0 Å². The van der Waals surface area contributed by atoms with E-state index in [4.69, 9.17) is 28.3 Å². The van der Waals surface area contributed by atoms with Gasteiger partial charge in [-0.15, -0.1) is 0 Å². The molecule has 2 aromatic carbocycles. The van der Waals surface area contributed by atoms with Crippen molar-refractivity contribution < 1.29 is 9.72 Å². The van der Waals surface area contributed by atoms with Crippen molar-refractivity contribution in [3.8, 4) is 0 Å². The van der Waals surface area contributed by atoms with Crippen molar-refractivity contribution in [1.29, 1.82) is 0 Å². The average Bonchev–Trinajstić information content (AvgIpc) is 3.49. The SMILES string of the molecule is CCn1cc([N+](=O)[O-])c(C(=O)N2N=C3/C(=C/c4ccc(Cl)cc4)CCC[C@H]3[C@@H]2c2ccc(Cl)cc2)n1. The number of allylic oxidation sites excluding steroid dienone is 1. The van der Waals surface area contributed by atoms with Crippen LogP contribution >= 0.6 is 23.2 Å². The van der Waals surface area contributed by atoms with E-state index in [0.717, 1.165) is 41.7 Å². The van der Waals surface area contributed by atoms with Gasteiger partial charge in [0.05, 0.1) is 16.7 Å². The molecule has 2 heterocycles. The Morgan fingerprint density at radius 1 is 1.14 bits per heavy atom. The average molecular weight is 524 g/mol. The highest BCUT2D eigenvalue weighted by molar-refractivity contribution is 6.30. The molecule has 0 spiro atoms. The molecule has 10 heteroatoms. The third kappa shape index (κ3) is 4.54. The van der Waals surface area contributed by atoms with Crippen LogP contribution in [-0.4, -0.2) is 31.3 Å². The quantitative estimate of drug-likeness (QED) is 0.279. The maximum absolute atomic E-state index is 13.8. The fourth-order valence-electron chi connectivity index (χ4n) is 4.89. The lowest BCUT2D eigenvalue weighted by Gasteiger charge is -2.29. The lowest BCUT2D eigenvalue weighted by molar-refractivity contribution is -0.385. The zero-order chi connectivity index (χ0) is 25.4. The molecule has 3 aromatic rings. The monoisotopic (exact) mass is 523 g/mol. The summed E-state index contributed by atoms with van der Waals surface area (Å²) in [6, 6.07) is 14.4. The molecule has 2 aliphatic rings. The van der Waals surface area contributed by atoms with Crippen LogP contribution in [0.1, 0.15) is 53.8 Å². The van der Waals surface area contributed by atoms with Crippen LogP contribution in [0.15, 0.2) is 65.4 Å². The molecule has 1 aliphatic carbocycles. The van der Waals surface area contributed by atoms with Crippen LogP contribution in [0.2, 0.25) is 10.0 Å². The summed E-state index contributed by atoms with van der Waals surface area (Å²) in [5.74, 6) is -0.656. The number of aryl methyl sites for hydroxylation is 1. The van der Waals surface area contributed by atoms with Crippen molar-refractivity contribution in [2.45, 2.75) is 38.8 Å². The third-order valence-corrected chi connectivity index (χ3v) is 7.10. The van der Waals surface area contributed by atoms with E-state index in [9.17, 15) is 14.9 Å². The number of rotatable bonds is 5. The number of carbonyl (C=O) groups excluding carboxylic acids is 1. The first-order chi connectivity index (χ1) is 17.4. The number of amides is 1. The largest absolute Gasteiger partial charge is 0.320 e. The van der Waals surface area contributed by atoms with Crippen molar-refractivity contribution in [2.75, 3.05) is 0 Å². The Bertz CT molecular complexity index is 1380. The van der Waals surface area contributed by atoms with Gasteiger partial charge in [-0.25, -0.2) is 5.01 Å². The van der Waals surface area contributed by atoms with Gasteiger partial charge in [-0.2, -0.15) is 10.2 Å². The Hall–Kier alpha value is -3.49. The van der Waals surface area contributed by atoms with Gasteiger partial charge >= 0.3 is 11.6 Å². The van der Waals surface area contributed by atoms with E-state index in [1.807, 2.05) is 36.4 Å². The summed E-state index contributed by atoms with van der Waals surface area (Å²) in [6.45, 7) is 2.21. The second-order valence-corrected chi connectivity index (χ2v) is 9.70. The highest BCUT2D eigenvalue weighted by Gasteiger charge is 2.45. The predicted molar refractivity (Wildman–Crippen MR) is 139 cm³/mol. The molecule has 184 valence electrons. The first-order valence-corrected chi connectivity index (χ1v) is 12.5. The minimum atomic E-state index is -0.596. The number of halogens is 2. The maximum atomic E-state index is 13.8. The Balaban J connectivity index is 1.60. The summed E-state index contributed by atoms with van der Waals surface area (Å²) < 4.78 is 1.39. The molecule has 8 nitrogen and oxygen atoms in total. The molecule has 1 saturated carbocycles. The number of benzene rings is 2. The molecule has 0 bridgehead atoms. The first-order valence-electron chi connectivity index (χ1n) is 11.7. The van der Waals surface area contributed by atoms with Gasteiger partial charge in [0.25, 0.3) is 0 Å². The van der Waals surface area contributed by atoms with Gasteiger partial charge in [0, 0.05) is 22.5 Å². The highest BCUT2D eigenvalue weighted by Crippen LogP contribution is 2.45. The van der Waals surface area contributed by atoms with Crippen molar-refractivity contribution in [3.05, 3.63) is 97.3 Å². The number of carbonyl (C=O) groups is 1. The Kier molecular flexibility index (Phi) is 6.64. The highest BCUT2D eigenvalue weighted by atomic mass is 35.5. The van der Waals surface area contributed by atoms with E-state index in [2.05, 4.69) is 11.2 Å². The standard InChI is InChI=1S/C26H23Cl2N5O3/c1-2-31-15-22(33(35)36)24(29-31)26(34)32-25(17-8-12-20(28)13-9-17)21-5-3-4-18(23(21)30-32)14-16-6-10-19(27)11-7-16/h6-15,21,25H,2-5H2,1H3/b18-14+/t21-,25+/m1/s1. The van der Waals surface area contributed by atoms with Crippen molar-refractivity contribution in [1.82, 2.24) is 14.8 Å². The Morgan fingerprint density at radius 2 is 1.81 bits per heavy atom. The molecule has 36 heavy (non-hydrogen) atoms. The maximum Gasteiger partial charge on any atom is 0.320 e. The lowest BCUT2D eigenvalue weighted by atomic mass is 9.77. The van der Waals surface area contributed by atoms with E-state index in [1.54, 1.807) is 19.1 Å². The van der Waals surface area contributed by atoms with Crippen LogP contribution in [0.25, 0.3) is 6.08 Å². The predicted octanol–water partition coefficient (Wildman–Crippen LogP) is 6.55. The lowest BCUT2D eigenvalue weighted by Crippen LogP contribution is -2.32. The van der Waals surface area contributed by atoms with Crippen molar-refractivity contribution in [2.24, 2.45) is 11.0 Å².